The average Bonchev–Trinajstić information content (AvgIpc) is 2.87. The van der Waals surface area contributed by atoms with E-state index in [0.29, 0.717) is 26.3 Å². The van der Waals surface area contributed by atoms with E-state index >= 15 is 0 Å². The quantitative estimate of drug-likeness (QED) is 0.474. The van der Waals surface area contributed by atoms with Gasteiger partial charge < -0.3 is 9.47 Å². The maximum atomic E-state index is 13.3. The number of benzene rings is 1. The maximum Gasteiger partial charge on any atom is 0.416 e. The van der Waals surface area contributed by atoms with Crippen LogP contribution in [0.4, 0.5) is 18.9 Å². The number of anilines is 1. The van der Waals surface area contributed by atoms with Crippen molar-refractivity contribution in [3.8, 4) is 23.5 Å². The predicted molar refractivity (Wildman–Crippen MR) is 130 cm³/mol. The number of methoxy groups -OCH3 is 2. The van der Waals surface area contributed by atoms with Gasteiger partial charge in [0, 0.05) is 24.9 Å². The second kappa shape index (κ2) is 10.1. The van der Waals surface area contributed by atoms with Gasteiger partial charge in [0.1, 0.15) is 10.6 Å². The zero-order chi connectivity index (χ0) is 26.0. The van der Waals surface area contributed by atoms with E-state index in [-0.39, 0.29) is 23.0 Å². The number of hydrogen-bond donors (Lipinski definition) is 0. The van der Waals surface area contributed by atoms with Crippen molar-refractivity contribution in [1.82, 2.24) is 14.8 Å². The van der Waals surface area contributed by atoms with Crippen LogP contribution >= 0.6 is 23.5 Å². The first-order chi connectivity index (χ1) is 17.1. The molecule has 4 rings (SSSR count). The van der Waals surface area contributed by atoms with E-state index in [1.54, 1.807) is 13.1 Å². The fraction of sp³-hybridized carbons (Fsp3) is 0.227. The summed E-state index contributed by atoms with van der Waals surface area (Å²) in [6, 6.07) is 7.96. The molecule has 36 heavy (non-hydrogen) atoms. The minimum Gasteiger partial charge on any atom is -0.496 e. The van der Waals surface area contributed by atoms with Crippen molar-refractivity contribution >= 4 is 33.6 Å². The Hall–Kier alpha value is -3.70. The summed E-state index contributed by atoms with van der Waals surface area (Å²) in [5.41, 5.74) is -0.508. The van der Waals surface area contributed by atoms with Crippen LogP contribution in [0.25, 0.3) is 5.82 Å². The van der Waals surface area contributed by atoms with Gasteiger partial charge in [-0.05, 0) is 17.7 Å². The van der Waals surface area contributed by atoms with Gasteiger partial charge in [-0.1, -0.05) is 29.6 Å². The van der Waals surface area contributed by atoms with Crippen LogP contribution in [0.2, 0.25) is 0 Å². The third kappa shape index (κ3) is 5.12. The first-order valence-corrected chi connectivity index (χ1v) is 11.9. The molecule has 1 aromatic carbocycles. The number of thioether (sulfide) groups is 2. The fourth-order valence-electron chi connectivity index (χ4n) is 3.18. The van der Waals surface area contributed by atoms with E-state index in [0.717, 1.165) is 28.6 Å². The number of rotatable bonds is 5. The van der Waals surface area contributed by atoms with Crippen LogP contribution in [-0.4, -0.2) is 40.4 Å². The maximum absolute atomic E-state index is 13.3. The summed E-state index contributed by atoms with van der Waals surface area (Å²) >= 11 is 2.30. The fourth-order valence-corrected chi connectivity index (χ4v) is 5.36. The van der Waals surface area contributed by atoms with E-state index in [2.05, 4.69) is 15.2 Å². The zero-order valence-electron chi connectivity index (χ0n) is 19.0. The highest BCUT2D eigenvalue weighted by atomic mass is 32.2. The number of aromatic nitrogens is 3. The van der Waals surface area contributed by atoms with Crippen molar-refractivity contribution in [3.63, 3.8) is 0 Å². The number of nitriles is 1. The van der Waals surface area contributed by atoms with E-state index in [9.17, 15) is 23.2 Å². The van der Waals surface area contributed by atoms with Crippen molar-refractivity contribution in [2.75, 3.05) is 26.3 Å². The van der Waals surface area contributed by atoms with E-state index in [4.69, 9.17) is 9.47 Å². The third-order valence-corrected chi connectivity index (χ3v) is 7.25. The minimum atomic E-state index is -4.54. The lowest BCUT2D eigenvalue weighted by molar-refractivity contribution is -0.137. The highest BCUT2D eigenvalue weighted by Gasteiger charge is 2.31. The SMILES string of the molecule is COc1cc(OC)nc(-n2ncc3c(c2=O)SC(SCc2ccc(C(F)(F)F)cc2C#N)=NN3C)c1. The summed E-state index contributed by atoms with van der Waals surface area (Å²) in [5, 5.41) is 19.4. The molecule has 186 valence electrons. The van der Waals surface area contributed by atoms with Gasteiger partial charge in [-0.15, -0.1) is 0 Å². The lowest BCUT2D eigenvalue weighted by Crippen LogP contribution is -2.28. The molecule has 1 aliphatic heterocycles. The lowest BCUT2D eigenvalue weighted by atomic mass is 10.1. The number of hydrazone groups is 1. The first kappa shape index (κ1) is 25.4. The van der Waals surface area contributed by atoms with Crippen molar-refractivity contribution in [2.24, 2.45) is 5.10 Å². The predicted octanol–water partition coefficient (Wildman–Crippen LogP) is 4.28. The van der Waals surface area contributed by atoms with Crippen LogP contribution in [0, 0.1) is 11.3 Å². The van der Waals surface area contributed by atoms with E-state index in [1.807, 2.05) is 6.07 Å². The molecule has 0 atom stereocenters. The molecule has 1 aliphatic rings. The first-order valence-electron chi connectivity index (χ1n) is 10.1. The topological polar surface area (TPSA) is 106 Å². The highest BCUT2D eigenvalue weighted by molar-refractivity contribution is 8.38. The van der Waals surface area contributed by atoms with Gasteiger partial charge in [0.25, 0.3) is 5.56 Å². The molecular formula is C22H17F3N6O3S2. The van der Waals surface area contributed by atoms with Crippen LogP contribution in [0.5, 0.6) is 11.6 Å². The molecule has 0 bridgehead atoms. The second-order valence-corrected chi connectivity index (χ2v) is 9.47. The molecule has 0 radical (unpaired) electrons. The van der Waals surface area contributed by atoms with Crippen molar-refractivity contribution in [2.45, 2.75) is 16.8 Å². The summed E-state index contributed by atoms with van der Waals surface area (Å²) in [4.78, 5) is 17.9. The average molecular weight is 535 g/mol. The molecule has 0 unspecified atom stereocenters. The van der Waals surface area contributed by atoms with Crippen molar-refractivity contribution in [3.05, 3.63) is 63.6 Å². The number of fused-ring (bicyclic) bond motifs is 1. The van der Waals surface area contributed by atoms with Gasteiger partial charge >= 0.3 is 6.18 Å². The Morgan fingerprint density at radius 3 is 2.64 bits per heavy atom. The highest BCUT2D eigenvalue weighted by Crippen LogP contribution is 2.37. The molecule has 0 saturated heterocycles. The smallest absolute Gasteiger partial charge is 0.416 e. The monoisotopic (exact) mass is 534 g/mol. The molecule has 14 heteroatoms. The largest absolute Gasteiger partial charge is 0.496 e. The van der Waals surface area contributed by atoms with Crippen LogP contribution in [0.1, 0.15) is 16.7 Å². The van der Waals surface area contributed by atoms with Crippen LogP contribution < -0.4 is 20.0 Å². The summed E-state index contributed by atoms with van der Waals surface area (Å²) in [6.45, 7) is 0. The van der Waals surface area contributed by atoms with Gasteiger partial charge in [-0.25, -0.2) is 0 Å². The van der Waals surface area contributed by atoms with Gasteiger partial charge in [-0.3, -0.25) is 9.80 Å². The number of alkyl halides is 3. The van der Waals surface area contributed by atoms with Crippen molar-refractivity contribution in [1.29, 1.82) is 5.26 Å². The van der Waals surface area contributed by atoms with E-state index < -0.39 is 17.3 Å². The molecule has 0 spiro atoms. The van der Waals surface area contributed by atoms with Crippen LogP contribution in [-0.2, 0) is 11.9 Å². The summed E-state index contributed by atoms with van der Waals surface area (Å²) in [7, 11) is 4.56. The Morgan fingerprint density at radius 1 is 1.19 bits per heavy atom. The zero-order valence-corrected chi connectivity index (χ0v) is 20.7. The Bertz CT molecular complexity index is 1430. The molecule has 0 fully saturated rings. The molecule has 2 aromatic heterocycles. The molecule has 0 aliphatic carbocycles. The number of nitrogens with zero attached hydrogens (tertiary/aromatic N) is 6. The van der Waals surface area contributed by atoms with Gasteiger partial charge in [-0.2, -0.15) is 38.3 Å². The Balaban J connectivity index is 1.61. The molecule has 3 aromatic rings. The summed E-state index contributed by atoms with van der Waals surface area (Å²) in [6.07, 6.45) is -3.06. The number of halogens is 3. The third-order valence-electron chi connectivity index (χ3n) is 5.02. The molecule has 9 nitrogen and oxygen atoms in total. The Labute approximate surface area is 211 Å². The van der Waals surface area contributed by atoms with Gasteiger partial charge in [0.05, 0.1) is 43.3 Å². The van der Waals surface area contributed by atoms with E-state index in [1.165, 1.54) is 49.3 Å². The van der Waals surface area contributed by atoms with Gasteiger partial charge in [0.15, 0.2) is 10.2 Å². The van der Waals surface area contributed by atoms with Crippen molar-refractivity contribution < 1.29 is 22.6 Å². The number of pyridine rings is 1. The van der Waals surface area contributed by atoms with Gasteiger partial charge in [0.2, 0.25) is 5.88 Å². The Kier molecular flexibility index (Phi) is 7.14. The Morgan fingerprint density at radius 2 is 1.97 bits per heavy atom. The summed E-state index contributed by atoms with van der Waals surface area (Å²) < 4.78 is 50.9. The molecule has 0 saturated carbocycles. The number of ether oxygens (including phenoxy) is 2. The van der Waals surface area contributed by atoms with Crippen LogP contribution in [0.3, 0.4) is 0 Å². The lowest BCUT2D eigenvalue weighted by Gasteiger charge is -2.23. The minimum absolute atomic E-state index is 0.0721. The normalized spacial score (nSPS) is 13.0. The molecule has 0 amide bonds. The van der Waals surface area contributed by atoms with Crippen LogP contribution in [0.15, 0.2) is 51.3 Å². The molecular weight excluding hydrogens is 517 g/mol. The molecule has 0 N–H and O–H groups in total. The molecule has 3 heterocycles. The standard InChI is InChI=1S/C22H17F3N6O3S2/c1-30-16-10-27-31(17-7-15(33-2)8-18(28-17)34-3)20(32)19(16)36-21(29-30)35-11-12-4-5-14(22(23,24)25)6-13(12)9-26/h4-8,10H,11H2,1-3H3. The second-order valence-electron chi connectivity index (χ2n) is 7.25. The summed E-state index contributed by atoms with van der Waals surface area (Å²) in [5.74, 6) is 1.05. The number of hydrogen-bond acceptors (Lipinski definition) is 10.